The van der Waals surface area contributed by atoms with Gasteiger partial charge in [0.2, 0.25) is 11.8 Å². The molecule has 0 radical (unpaired) electrons. The number of para-hydroxylation sites is 1. The van der Waals surface area contributed by atoms with Gasteiger partial charge in [0.25, 0.3) is 11.4 Å². The largest absolute Gasteiger partial charge is 0.494 e. The summed E-state index contributed by atoms with van der Waals surface area (Å²) in [6, 6.07) is 9.11. The molecule has 0 spiro atoms. The smallest absolute Gasteiger partial charge is 0.289 e. The number of aromatic hydroxyl groups is 1. The lowest BCUT2D eigenvalue weighted by Crippen LogP contribution is -2.22. The molecular formula is C26H27N5O5. The topological polar surface area (TPSA) is 125 Å². The van der Waals surface area contributed by atoms with Gasteiger partial charge in [-0.1, -0.05) is 25.0 Å². The average Bonchev–Trinajstić information content (AvgIpc) is 3.58. The van der Waals surface area contributed by atoms with Gasteiger partial charge < -0.3 is 19.0 Å². The molecule has 4 aromatic rings. The second kappa shape index (κ2) is 9.80. The zero-order valence-corrected chi connectivity index (χ0v) is 20.4. The molecule has 10 heteroatoms. The Labute approximate surface area is 207 Å². The van der Waals surface area contributed by atoms with Crippen LogP contribution < -0.4 is 15.0 Å². The molecule has 1 aromatic carbocycles. The Kier molecular flexibility index (Phi) is 6.41. The number of nitrogens with zero attached hydrogens (tertiary/aromatic N) is 5. The van der Waals surface area contributed by atoms with Crippen molar-refractivity contribution in [2.24, 2.45) is 0 Å². The maximum Gasteiger partial charge on any atom is 0.289 e. The first-order valence-corrected chi connectivity index (χ1v) is 11.8. The quantitative estimate of drug-likeness (QED) is 0.410. The number of aryl methyl sites for hydroxylation is 1. The molecule has 0 amide bonds. The van der Waals surface area contributed by atoms with E-state index < -0.39 is 5.56 Å². The molecule has 10 nitrogen and oxygen atoms in total. The summed E-state index contributed by atoms with van der Waals surface area (Å²) in [5.41, 5.74) is 1.42. The van der Waals surface area contributed by atoms with Gasteiger partial charge in [0.05, 0.1) is 20.6 Å². The fourth-order valence-corrected chi connectivity index (χ4v) is 4.65. The van der Waals surface area contributed by atoms with Gasteiger partial charge in [0.15, 0.2) is 5.56 Å². The van der Waals surface area contributed by atoms with Crippen molar-refractivity contribution in [3.63, 3.8) is 0 Å². The summed E-state index contributed by atoms with van der Waals surface area (Å²) in [7, 11) is 3.07. The lowest BCUT2D eigenvalue weighted by Gasteiger charge is -2.22. The Morgan fingerprint density at radius 1 is 1.08 bits per heavy atom. The fourth-order valence-electron chi connectivity index (χ4n) is 4.65. The Hall–Kier alpha value is -4.21. The van der Waals surface area contributed by atoms with E-state index in [0.29, 0.717) is 29.4 Å². The van der Waals surface area contributed by atoms with Gasteiger partial charge in [-0.25, -0.2) is 0 Å². The summed E-state index contributed by atoms with van der Waals surface area (Å²) in [6.07, 6.45) is 5.83. The van der Waals surface area contributed by atoms with Gasteiger partial charge in [0.1, 0.15) is 23.0 Å². The highest BCUT2D eigenvalue weighted by Crippen LogP contribution is 2.42. The summed E-state index contributed by atoms with van der Waals surface area (Å²) >= 11 is 0. The molecule has 1 aliphatic carbocycles. The predicted octanol–water partition coefficient (Wildman–Crippen LogP) is 3.96. The molecule has 0 bridgehead atoms. The minimum atomic E-state index is -0.633. The van der Waals surface area contributed by atoms with Crippen LogP contribution in [0.2, 0.25) is 0 Å². The molecule has 5 rings (SSSR count). The molecular weight excluding hydrogens is 462 g/mol. The first-order valence-electron chi connectivity index (χ1n) is 11.8. The van der Waals surface area contributed by atoms with Crippen molar-refractivity contribution in [2.75, 3.05) is 14.2 Å². The normalized spacial score (nSPS) is 13.8. The number of rotatable bonds is 7. The molecule has 1 fully saturated rings. The van der Waals surface area contributed by atoms with Gasteiger partial charge in [-0.05, 0) is 43.5 Å². The van der Waals surface area contributed by atoms with Crippen LogP contribution in [0.15, 0.2) is 45.7 Å². The van der Waals surface area contributed by atoms with Crippen LogP contribution in [0.5, 0.6) is 17.4 Å². The van der Waals surface area contributed by atoms with Crippen LogP contribution in [0, 0.1) is 6.92 Å². The van der Waals surface area contributed by atoms with Gasteiger partial charge in [0, 0.05) is 17.8 Å². The third-order valence-corrected chi connectivity index (χ3v) is 6.45. The van der Waals surface area contributed by atoms with E-state index in [2.05, 4.69) is 20.2 Å². The van der Waals surface area contributed by atoms with Crippen molar-refractivity contribution < 1.29 is 19.0 Å². The van der Waals surface area contributed by atoms with E-state index in [9.17, 15) is 9.90 Å². The van der Waals surface area contributed by atoms with Gasteiger partial charge in [-0.15, -0.1) is 10.2 Å². The van der Waals surface area contributed by atoms with Gasteiger partial charge >= 0.3 is 0 Å². The highest BCUT2D eigenvalue weighted by Gasteiger charge is 2.31. The lowest BCUT2D eigenvalue weighted by atomic mass is 10.1. The van der Waals surface area contributed by atoms with Crippen molar-refractivity contribution in [3.05, 3.63) is 69.9 Å². The fraction of sp³-hybridized carbons (Fsp3) is 0.346. The molecule has 3 heterocycles. The van der Waals surface area contributed by atoms with E-state index in [1.165, 1.54) is 18.8 Å². The molecule has 0 aliphatic heterocycles. The number of hydrogen-bond donors (Lipinski definition) is 1. The minimum Gasteiger partial charge on any atom is -0.494 e. The second-order valence-electron chi connectivity index (χ2n) is 8.79. The first kappa shape index (κ1) is 23.5. The van der Waals surface area contributed by atoms with E-state index in [1.807, 2.05) is 19.1 Å². The van der Waals surface area contributed by atoms with E-state index in [-0.39, 0.29) is 29.1 Å². The summed E-state index contributed by atoms with van der Waals surface area (Å²) < 4.78 is 18.5. The van der Waals surface area contributed by atoms with Gasteiger partial charge in [-0.2, -0.15) is 4.98 Å². The van der Waals surface area contributed by atoms with Crippen LogP contribution in [0.25, 0.3) is 17.1 Å². The van der Waals surface area contributed by atoms with Crippen LogP contribution in [-0.2, 0) is 6.42 Å². The van der Waals surface area contributed by atoms with Crippen LogP contribution in [0.4, 0.5) is 0 Å². The lowest BCUT2D eigenvalue weighted by molar-refractivity contribution is 0.377. The zero-order chi connectivity index (χ0) is 25.2. The van der Waals surface area contributed by atoms with Crippen molar-refractivity contribution in [1.82, 2.24) is 24.7 Å². The first-order chi connectivity index (χ1) is 17.5. The SMILES string of the molecule is COc1cccc(OC)c1-n1c(C2CCCC2)nc(=O)c(-c2nnc(Cc3ccc(C)nc3)o2)c1O. The molecule has 1 N–H and O–H groups in total. The number of hydrogen-bond acceptors (Lipinski definition) is 9. The van der Waals surface area contributed by atoms with E-state index >= 15 is 0 Å². The maximum absolute atomic E-state index is 13.2. The van der Waals surface area contributed by atoms with E-state index in [0.717, 1.165) is 36.9 Å². The van der Waals surface area contributed by atoms with E-state index in [1.54, 1.807) is 24.4 Å². The Morgan fingerprint density at radius 3 is 2.44 bits per heavy atom. The zero-order valence-electron chi connectivity index (χ0n) is 20.4. The van der Waals surface area contributed by atoms with Crippen molar-refractivity contribution >= 4 is 0 Å². The van der Waals surface area contributed by atoms with E-state index in [4.69, 9.17) is 13.9 Å². The molecule has 0 unspecified atom stereocenters. The molecule has 1 saturated carbocycles. The highest BCUT2D eigenvalue weighted by molar-refractivity contribution is 5.65. The maximum atomic E-state index is 13.2. The predicted molar refractivity (Wildman–Crippen MR) is 131 cm³/mol. The van der Waals surface area contributed by atoms with Crippen molar-refractivity contribution in [2.45, 2.75) is 44.9 Å². The Balaban J connectivity index is 1.66. The number of benzene rings is 1. The highest BCUT2D eigenvalue weighted by atomic mass is 16.5. The minimum absolute atomic E-state index is 0.000415. The number of methoxy groups -OCH3 is 2. The molecule has 1 aliphatic rings. The summed E-state index contributed by atoms with van der Waals surface area (Å²) in [4.78, 5) is 21.9. The molecule has 0 atom stereocenters. The molecule has 0 saturated heterocycles. The number of ether oxygens (including phenoxy) is 2. The number of aromatic nitrogens is 5. The molecule has 186 valence electrons. The Morgan fingerprint density at radius 2 is 1.81 bits per heavy atom. The third-order valence-electron chi connectivity index (χ3n) is 6.45. The van der Waals surface area contributed by atoms with Crippen molar-refractivity contribution in [1.29, 1.82) is 0 Å². The second-order valence-corrected chi connectivity index (χ2v) is 8.79. The monoisotopic (exact) mass is 489 g/mol. The van der Waals surface area contributed by atoms with Crippen LogP contribution in [0.1, 0.15) is 54.6 Å². The third kappa shape index (κ3) is 4.30. The molecule has 36 heavy (non-hydrogen) atoms. The van der Waals surface area contributed by atoms with Gasteiger partial charge in [-0.3, -0.25) is 14.3 Å². The summed E-state index contributed by atoms with van der Waals surface area (Å²) in [6.45, 7) is 1.90. The summed E-state index contributed by atoms with van der Waals surface area (Å²) in [5, 5.41) is 19.7. The molecule has 3 aromatic heterocycles. The van der Waals surface area contributed by atoms with Crippen LogP contribution >= 0.6 is 0 Å². The standard InChI is InChI=1S/C26H27N5O5/c1-15-11-12-16(14-27-15)13-20-29-30-25(36-20)21-24(32)28-23(17-7-4-5-8-17)31(26(21)33)22-18(34-2)9-6-10-19(22)35-3/h6,9-12,14,17,33H,4-5,7-8,13H2,1-3H3. The van der Waals surface area contributed by atoms with Crippen LogP contribution in [0.3, 0.4) is 0 Å². The van der Waals surface area contributed by atoms with Crippen molar-refractivity contribution in [3.8, 4) is 34.5 Å². The number of pyridine rings is 1. The average molecular weight is 490 g/mol. The summed E-state index contributed by atoms with van der Waals surface area (Å²) in [5.74, 6) is 1.19. The Bertz CT molecular complexity index is 1420. The van der Waals surface area contributed by atoms with Crippen LogP contribution in [-0.4, -0.2) is 44.1 Å².